The van der Waals surface area contributed by atoms with Crippen molar-refractivity contribution in [3.05, 3.63) is 117 Å². The van der Waals surface area contributed by atoms with E-state index in [1.165, 1.54) is 16.7 Å². The molecule has 1 N–H and O–H groups in total. The molecule has 3 heteroatoms. The Bertz CT molecular complexity index is 1190. The molecule has 1 heterocycles. The maximum Gasteiger partial charge on any atom is 0.336 e. The van der Waals surface area contributed by atoms with Crippen LogP contribution in [0.2, 0.25) is 0 Å². The second-order valence-corrected chi connectivity index (χ2v) is 7.61. The van der Waals surface area contributed by atoms with Gasteiger partial charge in [-0.3, -0.25) is 0 Å². The second kappa shape index (κ2) is 8.06. The standard InChI is InChI=1S/C26H25NO2/c1-17-9-12-21(13-10-17)25(20-7-5-4-6-8-20)27-16-22-15-24(28)29-26-19(3)18(2)11-14-23(22)26/h4-15,25,27H,16H2,1-3H3/t25-/m0/s1. The average molecular weight is 383 g/mol. The molecule has 0 saturated carbocycles. The van der Waals surface area contributed by atoms with Gasteiger partial charge in [0, 0.05) is 18.0 Å². The first-order valence-corrected chi connectivity index (χ1v) is 9.91. The topological polar surface area (TPSA) is 42.2 Å². The van der Waals surface area contributed by atoms with Crippen LogP contribution < -0.4 is 10.9 Å². The Kier molecular flexibility index (Phi) is 5.32. The highest BCUT2D eigenvalue weighted by Gasteiger charge is 2.15. The zero-order valence-electron chi connectivity index (χ0n) is 17.0. The molecule has 3 aromatic carbocycles. The van der Waals surface area contributed by atoms with Crippen molar-refractivity contribution < 1.29 is 4.42 Å². The Morgan fingerprint density at radius 3 is 2.28 bits per heavy atom. The van der Waals surface area contributed by atoms with Crippen molar-refractivity contribution in [2.24, 2.45) is 0 Å². The minimum Gasteiger partial charge on any atom is -0.422 e. The van der Waals surface area contributed by atoms with Gasteiger partial charge in [-0.1, -0.05) is 72.3 Å². The molecule has 0 fully saturated rings. The summed E-state index contributed by atoms with van der Waals surface area (Å²) >= 11 is 0. The van der Waals surface area contributed by atoms with Gasteiger partial charge in [0.1, 0.15) is 5.58 Å². The molecule has 1 aromatic heterocycles. The molecule has 0 aliphatic carbocycles. The van der Waals surface area contributed by atoms with Crippen LogP contribution in [-0.2, 0) is 6.54 Å². The van der Waals surface area contributed by atoms with Gasteiger partial charge in [0.25, 0.3) is 0 Å². The molecule has 4 aromatic rings. The molecule has 0 amide bonds. The van der Waals surface area contributed by atoms with Crippen molar-refractivity contribution in [1.29, 1.82) is 0 Å². The Balaban J connectivity index is 1.72. The summed E-state index contributed by atoms with van der Waals surface area (Å²) in [4.78, 5) is 12.2. The van der Waals surface area contributed by atoms with Crippen LogP contribution in [0.15, 0.2) is 82.0 Å². The summed E-state index contributed by atoms with van der Waals surface area (Å²) in [6.07, 6.45) is 0. The zero-order chi connectivity index (χ0) is 20.4. The van der Waals surface area contributed by atoms with E-state index < -0.39 is 0 Å². The van der Waals surface area contributed by atoms with E-state index in [-0.39, 0.29) is 11.7 Å². The van der Waals surface area contributed by atoms with E-state index in [4.69, 9.17) is 4.42 Å². The summed E-state index contributed by atoms with van der Waals surface area (Å²) in [7, 11) is 0. The molecule has 4 rings (SSSR count). The smallest absolute Gasteiger partial charge is 0.336 e. The number of nitrogens with one attached hydrogen (secondary N) is 1. The third kappa shape index (κ3) is 4.01. The predicted molar refractivity (Wildman–Crippen MR) is 118 cm³/mol. The van der Waals surface area contributed by atoms with Gasteiger partial charge in [-0.25, -0.2) is 4.79 Å². The summed E-state index contributed by atoms with van der Waals surface area (Å²) < 4.78 is 5.52. The highest BCUT2D eigenvalue weighted by molar-refractivity contribution is 5.83. The molecule has 1 atom stereocenters. The molecule has 0 spiro atoms. The van der Waals surface area contributed by atoms with Crippen LogP contribution in [0.3, 0.4) is 0 Å². The van der Waals surface area contributed by atoms with Gasteiger partial charge in [-0.05, 0) is 48.6 Å². The van der Waals surface area contributed by atoms with Crippen LogP contribution in [-0.4, -0.2) is 0 Å². The predicted octanol–water partition coefficient (Wildman–Crippen LogP) is 5.60. The van der Waals surface area contributed by atoms with Crippen molar-refractivity contribution in [3.63, 3.8) is 0 Å². The summed E-state index contributed by atoms with van der Waals surface area (Å²) in [5, 5.41) is 4.64. The van der Waals surface area contributed by atoms with Crippen molar-refractivity contribution in [3.8, 4) is 0 Å². The van der Waals surface area contributed by atoms with Gasteiger partial charge in [0.05, 0.1) is 6.04 Å². The summed E-state index contributed by atoms with van der Waals surface area (Å²) in [5.41, 5.74) is 7.07. The maximum atomic E-state index is 12.2. The normalized spacial score (nSPS) is 12.2. The zero-order valence-corrected chi connectivity index (χ0v) is 17.0. The van der Waals surface area contributed by atoms with Crippen LogP contribution in [0.5, 0.6) is 0 Å². The van der Waals surface area contributed by atoms with Crippen molar-refractivity contribution in [2.75, 3.05) is 0 Å². The molecule has 0 aliphatic rings. The molecule has 0 saturated heterocycles. The molecule has 0 aliphatic heterocycles. The number of fused-ring (bicyclic) bond motifs is 1. The van der Waals surface area contributed by atoms with Crippen molar-refractivity contribution in [2.45, 2.75) is 33.4 Å². The van der Waals surface area contributed by atoms with Gasteiger partial charge in [0.2, 0.25) is 0 Å². The highest BCUT2D eigenvalue weighted by Crippen LogP contribution is 2.26. The minimum absolute atomic E-state index is 0.0330. The molecular formula is C26H25NO2. The van der Waals surface area contributed by atoms with Gasteiger partial charge in [-0.15, -0.1) is 0 Å². The van der Waals surface area contributed by atoms with E-state index in [1.807, 2.05) is 26.0 Å². The lowest BCUT2D eigenvalue weighted by atomic mass is 9.97. The fraction of sp³-hybridized carbons (Fsp3) is 0.192. The molecule has 0 radical (unpaired) electrons. The van der Waals surface area contributed by atoms with E-state index in [0.29, 0.717) is 12.1 Å². The summed E-state index contributed by atoms with van der Waals surface area (Å²) in [6, 6.07) is 24.7. The minimum atomic E-state index is -0.311. The van der Waals surface area contributed by atoms with E-state index in [9.17, 15) is 4.79 Å². The fourth-order valence-corrected chi connectivity index (χ4v) is 3.72. The van der Waals surface area contributed by atoms with Gasteiger partial charge >= 0.3 is 5.63 Å². The third-order valence-corrected chi connectivity index (χ3v) is 5.56. The van der Waals surface area contributed by atoms with Gasteiger partial charge in [0.15, 0.2) is 0 Å². The Morgan fingerprint density at radius 1 is 0.862 bits per heavy atom. The number of hydrogen-bond acceptors (Lipinski definition) is 3. The van der Waals surface area contributed by atoms with Crippen LogP contribution in [0.4, 0.5) is 0 Å². The van der Waals surface area contributed by atoms with Crippen molar-refractivity contribution in [1.82, 2.24) is 5.32 Å². The Hall–Kier alpha value is -3.17. The highest BCUT2D eigenvalue weighted by atomic mass is 16.4. The van der Waals surface area contributed by atoms with Gasteiger partial charge < -0.3 is 9.73 Å². The molecular weight excluding hydrogens is 358 g/mol. The van der Waals surface area contributed by atoms with Gasteiger partial charge in [-0.2, -0.15) is 0 Å². The Morgan fingerprint density at radius 2 is 1.55 bits per heavy atom. The van der Waals surface area contributed by atoms with Crippen molar-refractivity contribution >= 4 is 11.0 Å². The van der Waals surface area contributed by atoms with Crippen LogP contribution in [0.1, 0.15) is 39.4 Å². The number of benzene rings is 3. The number of rotatable bonds is 5. The fourth-order valence-electron chi connectivity index (χ4n) is 3.72. The second-order valence-electron chi connectivity index (χ2n) is 7.61. The molecule has 0 unspecified atom stereocenters. The largest absolute Gasteiger partial charge is 0.422 e. The van der Waals surface area contributed by atoms with E-state index >= 15 is 0 Å². The lowest BCUT2D eigenvalue weighted by Crippen LogP contribution is -2.23. The monoisotopic (exact) mass is 383 g/mol. The molecule has 29 heavy (non-hydrogen) atoms. The van der Waals surface area contributed by atoms with E-state index in [1.54, 1.807) is 6.07 Å². The van der Waals surface area contributed by atoms with Crippen LogP contribution in [0.25, 0.3) is 11.0 Å². The number of hydrogen-bond donors (Lipinski definition) is 1. The SMILES string of the molecule is Cc1ccc([C@@H](NCc2cc(=O)oc3c(C)c(C)ccc23)c2ccccc2)cc1. The summed E-state index contributed by atoms with van der Waals surface area (Å²) in [6.45, 7) is 6.69. The summed E-state index contributed by atoms with van der Waals surface area (Å²) in [5.74, 6) is 0. The first-order chi connectivity index (χ1) is 14.0. The van der Waals surface area contributed by atoms with Crippen LogP contribution in [0, 0.1) is 20.8 Å². The van der Waals surface area contributed by atoms with E-state index in [2.05, 4.69) is 66.8 Å². The quantitative estimate of drug-likeness (QED) is 0.456. The lowest BCUT2D eigenvalue weighted by molar-refractivity contribution is 0.550. The maximum absolute atomic E-state index is 12.2. The number of aryl methyl sites for hydroxylation is 3. The van der Waals surface area contributed by atoms with Crippen LogP contribution >= 0.6 is 0 Å². The molecule has 3 nitrogen and oxygen atoms in total. The van der Waals surface area contributed by atoms with E-state index in [0.717, 1.165) is 22.1 Å². The first-order valence-electron chi connectivity index (χ1n) is 9.91. The third-order valence-electron chi connectivity index (χ3n) is 5.56. The molecule has 0 bridgehead atoms. The lowest BCUT2D eigenvalue weighted by Gasteiger charge is -2.21. The Labute approximate surface area is 171 Å². The average Bonchev–Trinajstić information content (AvgIpc) is 2.73. The molecule has 146 valence electrons. The first kappa shape index (κ1) is 19.2.